The molecule has 8 heteroatoms. The summed E-state index contributed by atoms with van der Waals surface area (Å²) in [4.78, 5) is 10.3. The number of aromatic hydroxyl groups is 1. The molecule has 0 unspecified atom stereocenters. The minimum Gasteiger partial charge on any atom is -0.508 e. The molecule has 2 N–H and O–H groups in total. The van der Waals surface area contributed by atoms with E-state index in [2.05, 4.69) is 15.6 Å². The number of aromatic nitrogens is 3. The lowest BCUT2D eigenvalue weighted by molar-refractivity contribution is -0.384. The van der Waals surface area contributed by atoms with Gasteiger partial charge in [0.2, 0.25) is 0 Å². The van der Waals surface area contributed by atoms with E-state index in [0.29, 0.717) is 17.9 Å². The highest BCUT2D eigenvalue weighted by Gasteiger charge is 2.14. The van der Waals surface area contributed by atoms with E-state index in [9.17, 15) is 15.2 Å². The molecule has 0 fully saturated rings. The van der Waals surface area contributed by atoms with Crippen molar-refractivity contribution in [3.05, 3.63) is 40.2 Å². The number of anilines is 1. The Hall–Kier alpha value is -2.64. The normalized spacial score (nSPS) is 10.3. The number of rotatable bonds is 4. The molecule has 8 nitrogen and oxygen atoms in total. The summed E-state index contributed by atoms with van der Waals surface area (Å²) < 4.78 is 1.54. The Balaban J connectivity index is 2.16. The zero-order valence-electron chi connectivity index (χ0n) is 9.57. The summed E-state index contributed by atoms with van der Waals surface area (Å²) in [6, 6.07) is 3.93. The summed E-state index contributed by atoms with van der Waals surface area (Å²) in [7, 11) is 1.74. The van der Waals surface area contributed by atoms with Crippen molar-refractivity contribution in [2.75, 3.05) is 5.32 Å². The van der Waals surface area contributed by atoms with Crippen molar-refractivity contribution in [2.24, 2.45) is 7.05 Å². The lowest BCUT2D eigenvalue weighted by Crippen LogP contribution is -2.02. The van der Waals surface area contributed by atoms with E-state index in [1.807, 2.05) is 0 Å². The fourth-order valence-corrected chi connectivity index (χ4v) is 1.48. The second-order valence-corrected chi connectivity index (χ2v) is 3.70. The van der Waals surface area contributed by atoms with Gasteiger partial charge in [-0.25, -0.2) is 0 Å². The molecule has 2 aromatic rings. The van der Waals surface area contributed by atoms with Crippen molar-refractivity contribution in [3.8, 4) is 5.75 Å². The van der Waals surface area contributed by atoms with Gasteiger partial charge < -0.3 is 10.4 Å². The molecule has 0 aliphatic rings. The lowest BCUT2D eigenvalue weighted by Gasteiger charge is -2.05. The number of nitrogens with zero attached hydrogens (tertiary/aromatic N) is 4. The first kappa shape index (κ1) is 11.8. The number of nitro benzene ring substituents is 1. The first-order valence-electron chi connectivity index (χ1n) is 5.13. The molecule has 1 aromatic heterocycles. The van der Waals surface area contributed by atoms with Crippen LogP contribution in [0.4, 0.5) is 11.4 Å². The van der Waals surface area contributed by atoms with Crippen LogP contribution in [0, 0.1) is 10.1 Å². The van der Waals surface area contributed by atoms with Gasteiger partial charge in [-0.3, -0.25) is 14.8 Å². The molecule has 0 saturated heterocycles. The Bertz CT molecular complexity index is 581. The van der Waals surface area contributed by atoms with Gasteiger partial charge in [0.05, 0.1) is 17.5 Å². The van der Waals surface area contributed by atoms with Crippen LogP contribution in [0.2, 0.25) is 0 Å². The number of phenols is 1. The number of hydrogen-bond acceptors (Lipinski definition) is 6. The van der Waals surface area contributed by atoms with Crippen LogP contribution in [0.5, 0.6) is 5.75 Å². The van der Waals surface area contributed by atoms with Gasteiger partial charge in [-0.1, -0.05) is 5.21 Å². The molecular formula is C10H11N5O3. The number of aryl methyl sites for hydroxylation is 1. The number of benzene rings is 1. The standard InChI is InChI=1S/C10H11N5O3/c1-14-6-7(12-13-14)5-11-9-3-2-8(16)4-10(9)15(17)18/h2-4,6,11,16H,5H2,1H3. The number of nitrogens with one attached hydrogen (secondary N) is 1. The first-order valence-corrected chi connectivity index (χ1v) is 5.13. The summed E-state index contributed by atoms with van der Waals surface area (Å²) in [5.41, 5.74) is 0.808. The van der Waals surface area contributed by atoms with E-state index in [0.717, 1.165) is 6.07 Å². The molecule has 0 amide bonds. The maximum atomic E-state index is 10.8. The molecule has 94 valence electrons. The quantitative estimate of drug-likeness (QED) is 0.476. The molecule has 1 heterocycles. The molecule has 2 rings (SSSR count). The third-order valence-electron chi connectivity index (χ3n) is 2.29. The second kappa shape index (κ2) is 4.70. The summed E-state index contributed by atoms with van der Waals surface area (Å²) in [6.07, 6.45) is 1.71. The monoisotopic (exact) mass is 249 g/mol. The molecule has 1 aromatic carbocycles. The van der Waals surface area contributed by atoms with Gasteiger partial charge in [-0.05, 0) is 12.1 Å². The Labute approximate surface area is 102 Å². The van der Waals surface area contributed by atoms with E-state index in [1.165, 1.54) is 12.1 Å². The minimum atomic E-state index is -0.557. The van der Waals surface area contributed by atoms with Gasteiger partial charge in [0.15, 0.2) is 0 Å². The van der Waals surface area contributed by atoms with Crippen molar-refractivity contribution in [3.63, 3.8) is 0 Å². The van der Waals surface area contributed by atoms with Crippen LogP contribution >= 0.6 is 0 Å². The van der Waals surface area contributed by atoms with Gasteiger partial charge in [0.1, 0.15) is 17.1 Å². The molecule has 0 spiro atoms. The van der Waals surface area contributed by atoms with Crippen LogP contribution in [-0.4, -0.2) is 25.0 Å². The molecule has 0 saturated carbocycles. The van der Waals surface area contributed by atoms with E-state index in [4.69, 9.17) is 0 Å². The van der Waals surface area contributed by atoms with Gasteiger partial charge in [-0.15, -0.1) is 5.10 Å². The molecule has 0 radical (unpaired) electrons. The maximum absolute atomic E-state index is 10.8. The van der Waals surface area contributed by atoms with Crippen LogP contribution in [0.15, 0.2) is 24.4 Å². The summed E-state index contributed by atoms with van der Waals surface area (Å²) in [5, 5.41) is 30.5. The van der Waals surface area contributed by atoms with E-state index in [-0.39, 0.29) is 11.4 Å². The number of hydrogen-bond donors (Lipinski definition) is 2. The molecule has 0 atom stereocenters. The van der Waals surface area contributed by atoms with Crippen LogP contribution in [-0.2, 0) is 13.6 Å². The van der Waals surface area contributed by atoms with E-state index < -0.39 is 4.92 Å². The Morgan fingerprint density at radius 2 is 2.33 bits per heavy atom. The molecule has 18 heavy (non-hydrogen) atoms. The predicted octanol–water partition coefficient (Wildman–Crippen LogP) is 1.04. The third kappa shape index (κ3) is 2.54. The fourth-order valence-electron chi connectivity index (χ4n) is 1.48. The van der Waals surface area contributed by atoms with Gasteiger partial charge in [-0.2, -0.15) is 0 Å². The topological polar surface area (TPSA) is 106 Å². The molecule has 0 aliphatic heterocycles. The molecule has 0 bridgehead atoms. The first-order chi connectivity index (χ1) is 8.56. The van der Waals surface area contributed by atoms with Gasteiger partial charge >= 0.3 is 0 Å². The Morgan fingerprint density at radius 3 is 2.94 bits per heavy atom. The highest BCUT2D eigenvalue weighted by Crippen LogP contribution is 2.28. The largest absolute Gasteiger partial charge is 0.508 e. The Kier molecular flexibility index (Phi) is 3.09. The van der Waals surface area contributed by atoms with E-state index >= 15 is 0 Å². The minimum absolute atomic E-state index is 0.147. The van der Waals surface area contributed by atoms with Crippen molar-refractivity contribution >= 4 is 11.4 Å². The smallest absolute Gasteiger partial charge is 0.296 e. The molecular weight excluding hydrogens is 238 g/mol. The van der Waals surface area contributed by atoms with Crippen LogP contribution in [0.25, 0.3) is 0 Å². The second-order valence-electron chi connectivity index (χ2n) is 3.70. The average Bonchev–Trinajstić information content (AvgIpc) is 2.73. The predicted molar refractivity (Wildman–Crippen MR) is 63.1 cm³/mol. The zero-order chi connectivity index (χ0) is 13.1. The van der Waals surface area contributed by atoms with Crippen molar-refractivity contribution in [2.45, 2.75) is 6.54 Å². The van der Waals surface area contributed by atoms with Gasteiger partial charge in [0, 0.05) is 13.2 Å². The van der Waals surface area contributed by atoms with Gasteiger partial charge in [0.25, 0.3) is 5.69 Å². The summed E-state index contributed by atoms with van der Waals surface area (Å²) in [6.45, 7) is 0.319. The third-order valence-corrected chi connectivity index (χ3v) is 2.29. The van der Waals surface area contributed by atoms with E-state index in [1.54, 1.807) is 17.9 Å². The summed E-state index contributed by atoms with van der Waals surface area (Å²) in [5.74, 6) is -0.147. The highest BCUT2D eigenvalue weighted by molar-refractivity contribution is 5.63. The Morgan fingerprint density at radius 1 is 1.56 bits per heavy atom. The lowest BCUT2D eigenvalue weighted by atomic mass is 10.2. The van der Waals surface area contributed by atoms with Crippen molar-refractivity contribution in [1.29, 1.82) is 0 Å². The van der Waals surface area contributed by atoms with Crippen molar-refractivity contribution in [1.82, 2.24) is 15.0 Å². The molecule has 0 aliphatic carbocycles. The zero-order valence-corrected chi connectivity index (χ0v) is 9.57. The van der Waals surface area contributed by atoms with Crippen LogP contribution in [0.1, 0.15) is 5.69 Å². The van der Waals surface area contributed by atoms with Crippen molar-refractivity contribution < 1.29 is 10.0 Å². The highest BCUT2D eigenvalue weighted by atomic mass is 16.6. The number of nitro groups is 1. The fraction of sp³-hybridized carbons (Fsp3) is 0.200. The SMILES string of the molecule is Cn1cc(CNc2ccc(O)cc2[N+](=O)[O-])nn1. The number of phenolic OH excluding ortho intramolecular Hbond substituents is 1. The van der Waals surface area contributed by atoms with Crippen LogP contribution < -0.4 is 5.32 Å². The summed E-state index contributed by atoms with van der Waals surface area (Å²) >= 11 is 0. The average molecular weight is 249 g/mol. The maximum Gasteiger partial charge on any atom is 0.296 e. The van der Waals surface area contributed by atoms with Crippen LogP contribution in [0.3, 0.4) is 0 Å².